The molecule has 0 bridgehead atoms. The Bertz CT molecular complexity index is 915. The van der Waals surface area contributed by atoms with Crippen LogP contribution in [0.1, 0.15) is 23.6 Å². The van der Waals surface area contributed by atoms with Gasteiger partial charge in [0, 0.05) is 24.6 Å². The molecule has 0 radical (unpaired) electrons. The van der Waals surface area contributed by atoms with Gasteiger partial charge in [0.25, 0.3) is 0 Å². The lowest BCUT2D eigenvalue weighted by molar-refractivity contribution is 0.193. The quantitative estimate of drug-likeness (QED) is 0.614. The fourth-order valence-corrected chi connectivity index (χ4v) is 3.96. The van der Waals surface area contributed by atoms with Gasteiger partial charge in [0.15, 0.2) is 11.5 Å². The smallest absolute Gasteiger partial charge is 0.163 e. The Hall–Kier alpha value is -2.79. The summed E-state index contributed by atoms with van der Waals surface area (Å²) in [5.41, 5.74) is 4.62. The van der Waals surface area contributed by atoms with Gasteiger partial charge in [-0.25, -0.2) is 4.98 Å². The van der Waals surface area contributed by atoms with Crippen molar-refractivity contribution in [2.75, 3.05) is 27.4 Å². The molecule has 0 amide bonds. The number of hydrogen-bond acceptors (Lipinski definition) is 4. The Morgan fingerprint density at radius 1 is 1.07 bits per heavy atom. The first kappa shape index (κ1) is 18.6. The summed E-state index contributed by atoms with van der Waals surface area (Å²) < 4.78 is 19.0. The van der Waals surface area contributed by atoms with E-state index in [1.807, 2.05) is 24.5 Å². The van der Waals surface area contributed by atoms with Gasteiger partial charge in [-0.15, -0.1) is 0 Å². The van der Waals surface area contributed by atoms with Gasteiger partial charge in [-0.05, 0) is 24.5 Å². The van der Waals surface area contributed by atoms with E-state index in [0.717, 1.165) is 60.9 Å². The lowest BCUT2D eigenvalue weighted by Crippen LogP contribution is -2.11. The van der Waals surface area contributed by atoms with E-state index in [2.05, 4.69) is 34.9 Å². The third kappa shape index (κ3) is 3.62. The number of rotatable bonds is 7. The summed E-state index contributed by atoms with van der Waals surface area (Å²) in [6.45, 7) is 2.40. The zero-order chi connectivity index (χ0) is 19.3. The molecule has 1 atom stereocenters. The van der Waals surface area contributed by atoms with Crippen LogP contribution in [0.25, 0.3) is 11.3 Å². The Labute approximate surface area is 165 Å². The number of methoxy groups -OCH3 is 2. The van der Waals surface area contributed by atoms with Gasteiger partial charge in [-0.1, -0.05) is 42.5 Å². The van der Waals surface area contributed by atoms with E-state index in [4.69, 9.17) is 19.2 Å². The third-order valence-corrected chi connectivity index (χ3v) is 5.35. The highest BCUT2D eigenvalue weighted by molar-refractivity contribution is 5.62. The summed E-state index contributed by atoms with van der Waals surface area (Å²) in [5.74, 6) is 1.95. The number of benzene rings is 2. The highest BCUT2D eigenvalue weighted by Crippen LogP contribution is 2.35. The number of aryl methyl sites for hydroxylation is 2. The number of aromatic nitrogens is 2. The van der Waals surface area contributed by atoms with Crippen molar-refractivity contribution in [2.24, 2.45) is 0 Å². The fourth-order valence-electron chi connectivity index (χ4n) is 3.96. The van der Waals surface area contributed by atoms with Crippen molar-refractivity contribution < 1.29 is 14.2 Å². The van der Waals surface area contributed by atoms with E-state index in [1.54, 1.807) is 14.2 Å². The third-order valence-electron chi connectivity index (χ3n) is 5.35. The summed E-state index contributed by atoms with van der Waals surface area (Å²) in [4.78, 5) is 4.77. The number of hydrogen-bond donors (Lipinski definition) is 0. The second-order valence-corrected chi connectivity index (χ2v) is 7.00. The Balaban J connectivity index is 1.64. The minimum atomic E-state index is 0.380. The molecule has 1 saturated heterocycles. The highest BCUT2D eigenvalue weighted by Gasteiger charge is 2.26. The van der Waals surface area contributed by atoms with Gasteiger partial charge in [0.2, 0.25) is 0 Å². The summed E-state index contributed by atoms with van der Waals surface area (Å²) in [7, 11) is 3.36. The molecule has 28 heavy (non-hydrogen) atoms. The van der Waals surface area contributed by atoms with Crippen LogP contribution >= 0.6 is 0 Å². The number of ether oxygens (including phenoxy) is 3. The first-order valence-electron chi connectivity index (χ1n) is 9.70. The zero-order valence-electron chi connectivity index (χ0n) is 16.4. The van der Waals surface area contributed by atoms with Gasteiger partial charge in [-0.3, -0.25) is 0 Å². The molecule has 0 aliphatic carbocycles. The van der Waals surface area contributed by atoms with E-state index in [-0.39, 0.29) is 0 Å². The molecule has 2 heterocycles. The van der Waals surface area contributed by atoms with Crippen molar-refractivity contribution in [3.63, 3.8) is 0 Å². The molecule has 0 N–H and O–H groups in total. The number of nitrogens with zero attached hydrogens (tertiary/aromatic N) is 2. The molecule has 146 valence electrons. The summed E-state index contributed by atoms with van der Waals surface area (Å²) in [5, 5.41) is 0. The maximum atomic E-state index is 5.68. The lowest BCUT2D eigenvalue weighted by atomic mass is 9.99. The molecular formula is C23H26N2O3. The van der Waals surface area contributed by atoms with E-state index in [0.29, 0.717) is 5.92 Å². The van der Waals surface area contributed by atoms with Crippen molar-refractivity contribution >= 4 is 0 Å². The van der Waals surface area contributed by atoms with Crippen LogP contribution in [0.4, 0.5) is 0 Å². The first-order valence-corrected chi connectivity index (χ1v) is 9.70. The van der Waals surface area contributed by atoms with Crippen molar-refractivity contribution in [3.05, 3.63) is 66.1 Å². The topological polar surface area (TPSA) is 45.5 Å². The molecule has 4 rings (SSSR count). The molecule has 1 fully saturated rings. The Kier molecular flexibility index (Phi) is 5.63. The SMILES string of the molecule is COc1cccc(CCn2cnc(-c3ccccc3)c2C2CCOC2)c1OC. The predicted molar refractivity (Wildman–Crippen MR) is 109 cm³/mol. The van der Waals surface area contributed by atoms with E-state index in [9.17, 15) is 0 Å². The molecule has 1 aliphatic rings. The standard InChI is InChI=1S/C23H26N2O3/c1-26-20-10-6-9-18(23(20)27-2)11-13-25-16-24-21(17-7-4-3-5-8-17)22(25)19-12-14-28-15-19/h3-10,16,19H,11-15H2,1-2H3. The van der Waals surface area contributed by atoms with Crippen LogP contribution in [0, 0.1) is 0 Å². The van der Waals surface area contributed by atoms with Crippen LogP contribution in [0.2, 0.25) is 0 Å². The summed E-state index contributed by atoms with van der Waals surface area (Å²) >= 11 is 0. The van der Waals surface area contributed by atoms with Gasteiger partial charge >= 0.3 is 0 Å². The van der Waals surface area contributed by atoms with Crippen LogP contribution in [-0.2, 0) is 17.7 Å². The first-order chi connectivity index (χ1) is 13.8. The van der Waals surface area contributed by atoms with Crippen LogP contribution in [-0.4, -0.2) is 37.0 Å². The maximum Gasteiger partial charge on any atom is 0.163 e. The predicted octanol–water partition coefficient (Wildman–Crippen LogP) is 4.31. The molecule has 3 aromatic rings. The minimum Gasteiger partial charge on any atom is -0.493 e. The summed E-state index contributed by atoms with van der Waals surface area (Å²) in [6, 6.07) is 16.4. The van der Waals surface area contributed by atoms with Gasteiger partial charge in [0.1, 0.15) is 0 Å². The van der Waals surface area contributed by atoms with Crippen LogP contribution in [0.5, 0.6) is 11.5 Å². The molecule has 5 nitrogen and oxygen atoms in total. The molecule has 0 saturated carbocycles. The Morgan fingerprint density at radius 2 is 1.93 bits per heavy atom. The van der Waals surface area contributed by atoms with Crippen molar-refractivity contribution in [3.8, 4) is 22.8 Å². The monoisotopic (exact) mass is 378 g/mol. The zero-order valence-corrected chi connectivity index (χ0v) is 16.4. The number of para-hydroxylation sites is 1. The van der Waals surface area contributed by atoms with Crippen LogP contribution < -0.4 is 9.47 Å². The molecule has 5 heteroatoms. The van der Waals surface area contributed by atoms with Crippen LogP contribution in [0.3, 0.4) is 0 Å². The average molecular weight is 378 g/mol. The largest absolute Gasteiger partial charge is 0.493 e. The molecule has 1 aromatic heterocycles. The summed E-state index contributed by atoms with van der Waals surface area (Å²) in [6.07, 6.45) is 3.84. The van der Waals surface area contributed by atoms with E-state index >= 15 is 0 Å². The van der Waals surface area contributed by atoms with Crippen molar-refractivity contribution in [1.82, 2.24) is 9.55 Å². The molecule has 2 aromatic carbocycles. The molecule has 0 spiro atoms. The van der Waals surface area contributed by atoms with E-state index in [1.165, 1.54) is 5.69 Å². The van der Waals surface area contributed by atoms with E-state index < -0.39 is 0 Å². The maximum absolute atomic E-state index is 5.68. The molecular weight excluding hydrogens is 352 g/mol. The molecule has 1 unspecified atom stereocenters. The normalized spacial score (nSPS) is 16.3. The average Bonchev–Trinajstić information content (AvgIpc) is 3.41. The molecule has 1 aliphatic heterocycles. The van der Waals surface area contributed by atoms with Crippen molar-refractivity contribution in [1.29, 1.82) is 0 Å². The highest BCUT2D eigenvalue weighted by atomic mass is 16.5. The van der Waals surface area contributed by atoms with Gasteiger partial charge in [0.05, 0.1) is 38.5 Å². The van der Waals surface area contributed by atoms with Gasteiger partial charge < -0.3 is 18.8 Å². The lowest BCUT2D eigenvalue weighted by Gasteiger charge is -2.16. The van der Waals surface area contributed by atoms with Crippen molar-refractivity contribution in [2.45, 2.75) is 25.3 Å². The number of imidazole rings is 1. The minimum absolute atomic E-state index is 0.380. The second-order valence-electron chi connectivity index (χ2n) is 7.00. The van der Waals surface area contributed by atoms with Crippen LogP contribution in [0.15, 0.2) is 54.9 Å². The Morgan fingerprint density at radius 3 is 2.64 bits per heavy atom. The van der Waals surface area contributed by atoms with Gasteiger partial charge in [-0.2, -0.15) is 0 Å². The fraction of sp³-hybridized carbons (Fsp3) is 0.348. The second kappa shape index (κ2) is 8.48.